The van der Waals surface area contributed by atoms with Crippen molar-refractivity contribution in [2.45, 2.75) is 6.92 Å². The summed E-state index contributed by atoms with van der Waals surface area (Å²) in [5, 5.41) is 3.04. The number of carbonyl (C=O) groups is 2. The van der Waals surface area contributed by atoms with Crippen molar-refractivity contribution in [3.8, 4) is 0 Å². The molecule has 1 aliphatic rings. The third-order valence-corrected chi connectivity index (χ3v) is 3.74. The summed E-state index contributed by atoms with van der Waals surface area (Å²) >= 11 is 0. The van der Waals surface area contributed by atoms with Crippen molar-refractivity contribution in [2.24, 2.45) is 0 Å². The van der Waals surface area contributed by atoms with Gasteiger partial charge in [0.25, 0.3) is 5.91 Å². The predicted molar refractivity (Wildman–Crippen MR) is 88.5 cm³/mol. The molecule has 1 aliphatic heterocycles. The molecule has 2 aromatic rings. The lowest BCUT2D eigenvalue weighted by molar-refractivity contribution is 0.0302. The number of nitrogens with zero attached hydrogens (tertiary/aromatic N) is 3. The number of Topliss-reactive ketones (excluding diaryl/α,β-unsaturated/α-hetero) is 1. The topological polar surface area (TPSA) is 84.4 Å². The second-order valence-electron chi connectivity index (χ2n) is 5.46. The second kappa shape index (κ2) is 7.18. The van der Waals surface area contributed by atoms with Crippen LogP contribution < -0.4 is 5.32 Å². The van der Waals surface area contributed by atoms with Crippen LogP contribution in [0.25, 0.3) is 0 Å². The molecule has 3 rings (SSSR count). The summed E-state index contributed by atoms with van der Waals surface area (Å²) < 4.78 is 5.24. The summed E-state index contributed by atoms with van der Waals surface area (Å²) in [6, 6.07) is 7.04. The lowest BCUT2D eigenvalue weighted by Crippen LogP contribution is -2.40. The first-order valence-corrected chi connectivity index (χ1v) is 7.70. The molecule has 1 saturated heterocycles. The van der Waals surface area contributed by atoms with Crippen molar-refractivity contribution < 1.29 is 14.3 Å². The van der Waals surface area contributed by atoms with E-state index >= 15 is 0 Å². The minimum atomic E-state index is -0.0874. The summed E-state index contributed by atoms with van der Waals surface area (Å²) in [7, 11) is 0. The van der Waals surface area contributed by atoms with Gasteiger partial charge in [-0.2, -0.15) is 0 Å². The number of carbonyl (C=O) groups excluding carboxylic acids is 2. The number of ether oxygens (including phenoxy) is 1. The highest BCUT2D eigenvalue weighted by Crippen LogP contribution is 2.14. The van der Waals surface area contributed by atoms with Crippen LogP contribution in [-0.4, -0.2) is 52.9 Å². The highest BCUT2D eigenvalue weighted by Gasteiger charge is 2.19. The van der Waals surface area contributed by atoms with Gasteiger partial charge >= 0.3 is 0 Å². The molecule has 7 nitrogen and oxygen atoms in total. The molecule has 0 spiro atoms. The predicted octanol–water partition coefficient (Wildman–Crippen LogP) is 1.90. The van der Waals surface area contributed by atoms with Gasteiger partial charge in [-0.25, -0.2) is 9.97 Å². The third-order valence-electron chi connectivity index (χ3n) is 3.74. The first kappa shape index (κ1) is 16.1. The van der Waals surface area contributed by atoms with Crippen LogP contribution in [0.3, 0.4) is 0 Å². The van der Waals surface area contributed by atoms with Crippen molar-refractivity contribution in [3.05, 3.63) is 47.8 Å². The maximum Gasteiger partial charge on any atom is 0.257 e. The number of morpholine rings is 1. The molecule has 7 heteroatoms. The first-order valence-electron chi connectivity index (χ1n) is 7.70. The monoisotopic (exact) mass is 326 g/mol. The Hall–Kier alpha value is -2.80. The maximum absolute atomic E-state index is 12.3. The van der Waals surface area contributed by atoms with Crippen molar-refractivity contribution >= 4 is 23.3 Å². The van der Waals surface area contributed by atoms with Gasteiger partial charge in [0, 0.05) is 36.7 Å². The fourth-order valence-electron chi connectivity index (χ4n) is 2.37. The van der Waals surface area contributed by atoms with E-state index in [0.717, 1.165) is 5.69 Å². The van der Waals surface area contributed by atoms with Crippen LogP contribution in [0.1, 0.15) is 27.6 Å². The largest absolute Gasteiger partial charge is 0.378 e. The van der Waals surface area contributed by atoms with E-state index < -0.39 is 0 Å². The molecule has 1 fully saturated rings. The summed E-state index contributed by atoms with van der Waals surface area (Å²) in [6.45, 7) is 3.81. The Morgan fingerprint density at radius 2 is 1.67 bits per heavy atom. The molecular weight excluding hydrogens is 308 g/mol. The van der Waals surface area contributed by atoms with Crippen molar-refractivity contribution in [1.82, 2.24) is 14.9 Å². The number of aromatic nitrogens is 2. The lowest BCUT2D eigenvalue weighted by atomic mass is 10.1. The molecule has 0 atom stereocenters. The minimum absolute atomic E-state index is 0.0174. The van der Waals surface area contributed by atoms with Gasteiger partial charge in [-0.3, -0.25) is 9.59 Å². The zero-order valence-corrected chi connectivity index (χ0v) is 13.4. The van der Waals surface area contributed by atoms with Crippen LogP contribution in [0.2, 0.25) is 0 Å². The highest BCUT2D eigenvalue weighted by molar-refractivity contribution is 5.94. The lowest BCUT2D eigenvalue weighted by Gasteiger charge is -2.26. The second-order valence-corrected chi connectivity index (χ2v) is 5.46. The molecule has 0 bridgehead atoms. The minimum Gasteiger partial charge on any atom is -0.378 e. The van der Waals surface area contributed by atoms with E-state index in [4.69, 9.17) is 4.74 Å². The highest BCUT2D eigenvalue weighted by atomic mass is 16.5. The number of nitrogens with one attached hydrogen (secondary N) is 1. The Kier molecular flexibility index (Phi) is 4.81. The van der Waals surface area contributed by atoms with Crippen LogP contribution in [0.4, 0.5) is 11.6 Å². The Morgan fingerprint density at radius 3 is 2.25 bits per heavy atom. The Balaban J connectivity index is 1.65. The summed E-state index contributed by atoms with van der Waals surface area (Å²) in [5.74, 6) is 0.323. The average Bonchev–Trinajstić information content (AvgIpc) is 2.63. The number of hydrogen-bond donors (Lipinski definition) is 1. The zero-order valence-electron chi connectivity index (χ0n) is 13.4. The molecule has 1 N–H and O–H groups in total. The van der Waals surface area contributed by atoms with Gasteiger partial charge in [0.15, 0.2) is 5.78 Å². The Labute approximate surface area is 139 Å². The van der Waals surface area contributed by atoms with E-state index in [9.17, 15) is 9.59 Å². The van der Waals surface area contributed by atoms with E-state index in [0.29, 0.717) is 43.4 Å². The molecule has 0 unspecified atom stereocenters. The first-order chi connectivity index (χ1) is 11.6. The summed E-state index contributed by atoms with van der Waals surface area (Å²) in [4.78, 5) is 33.7. The van der Waals surface area contributed by atoms with E-state index in [-0.39, 0.29) is 11.7 Å². The quantitative estimate of drug-likeness (QED) is 0.864. The van der Waals surface area contributed by atoms with E-state index in [1.807, 2.05) is 0 Å². The molecule has 2 heterocycles. The fraction of sp³-hybridized carbons (Fsp3) is 0.294. The smallest absolute Gasteiger partial charge is 0.257 e. The average molecular weight is 326 g/mol. The Bertz CT molecular complexity index is 723. The number of ketones is 1. The molecule has 24 heavy (non-hydrogen) atoms. The van der Waals surface area contributed by atoms with Gasteiger partial charge in [-0.1, -0.05) is 0 Å². The summed E-state index contributed by atoms with van der Waals surface area (Å²) in [5.41, 5.74) is 1.87. The van der Waals surface area contributed by atoms with Crippen molar-refractivity contribution in [3.63, 3.8) is 0 Å². The molecule has 0 saturated carbocycles. The molecule has 0 radical (unpaired) electrons. The van der Waals surface area contributed by atoms with Crippen LogP contribution in [0.5, 0.6) is 0 Å². The van der Waals surface area contributed by atoms with Gasteiger partial charge in [0.1, 0.15) is 0 Å². The third kappa shape index (κ3) is 3.75. The normalized spacial score (nSPS) is 14.3. The maximum atomic E-state index is 12.3. The van der Waals surface area contributed by atoms with Gasteiger partial charge < -0.3 is 15.0 Å². The number of amides is 1. The standard InChI is InChI=1S/C17H18N4O3/c1-12(22)13-2-4-15(5-3-13)20-17-18-10-14(11-19-17)16(23)21-6-8-24-9-7-21/h2-5,10-11H,6-9H2,1H3,(H,18,19,20). The van der Waals surface area contributed by atoms with Gasteiger partial charge in [0.05, 0.1) is 18.8 Å². The number of rotatable bonds is 4. The molecule has 1 aromatic heterocycles. The number of anilines is 2. The fourth-order valence-corrected chi connectivity index (χ4v) is 2.37. The molecule has 0 aliphatic carbocycles. The SMILES string of the molecule is CC(=O)c1ccc(Nc2ncc(C(=O)N3CCOCC3)cn2)cc1. The van der Waals surface area contributed by atoms with Crippen molar-refractivity contribution in [2.75, 3.05) is 31.6 Å². The summed E-state index contributed by atoms with van der Waals surface area (Å²) in [6.07, 6.45) is 3.02. The van der Waals surface area contributed by atoms with Crippen LogP contribution in [0.15, 0.2) is 36.7 Å². The van der Waals surface area contributed by atoms with E-state index in [1.165, 1.54) is 19.3 Å². The van der Waals surface area contributed by atoms with Crippen LogP contribution in [0, 0.1) is 0 Å². The number of hydrogen-bond acceptors (Lipinski definition) is 6. The molecule has 124 valence electrons. The van der Waals surface area contributed by atoms with Crippen molar-refractivity contribution in [1.29, 1.82) is 0 Å². The zero-order chi connectivity index (χ0) is 16.9. The Morgan fingerprint density at radius 1 is 1.04 bits per heavy atom. The van der Waals surface area contributed by atoms with E-state index in [2.05, 4.69) is 15.3 Å². The van der Waals surface area contributed by atoms with E-state index in [1.54, 1.807) is 29.2 Å². The van der Waals surface area contributed by atoms with Gasteiger partial charge in [-0.05, 0) is 31.2 Å². The van der Waals surface area contributed by atoms with Crippen LogP contribution in [-0.2, 0) is 4.74 Å². The van der Waals surface area contributed by atoms with Gasteiger partial charge in [0.2, 0.25) is 5.95 Å². The van der Waals surface area contributed by atoms with Gasteiger partial charge in [-0.15, -0.1) is 0 Å². The molecule has 1 amide bonds. The number of benzene rings is 1. The molecule has 1 aromatic carbocycles. The molecular formula is C17H18N4O3. The van der Waals surface area contributed by atoms with Crippen LogP contribution >= 0.6 is 0 Å².